The summed E-state index contributed by atoms with van der Waals surface area (Å²) in [5.41, 5.74) is 23.6. The summed E-state index contributed by atoms with van der Waals surface area (Å²) < 4.78 is 4.84. The molecule has 0 fully saturated rings. The van der Waals surface area contributed by atoms with Crippen molar-refractivity contribution in [2.75, 3.05) is 9.80 Å². The highest BCUT2D eigenvalue weighted by Gasteiger charge is 2.20. The lowest BCUT2D eigenvalue weighted by molar-refractivity contribution is 1.20. The van der Waals surface area contributed by atoms with Gasteiger partial charge >= 0.3 is 0 Å². The van der Waals surface area contributed by atoms with Crippen molar-refractivity contribution >= 4 is 121 Å². The summed E-state index contributed by atoms with van der Waals surface area (Å²) in [5.74, 6) is 0. The molecule has 0 N–H and O–H groups in total. The van der Waals surface area contributed by atoms with Crippen molar-refractivity contribution < 1.29 is 0 Å². The molecule has 18 aromatic carbocycles. The van der Waals surface area contributed by atoms with E-state index in [0.717, 1.165) is 34.1 Å². The van der Waals surface area contributed by atoms with Crippen molar-refractivity contribution in [1.82, 2.24) is 9.13 Å². The third kappa shape index (κ3) is 11.2. The molecule has 20 aromatic rings. The predicted octanol–water partition coefficient (Wildman–Crippen LogP) is 27.8. The standard InChI is InChI=1S/2C50H34N2/c1-2-16-40(17-3-1)51(42-31-26-38(27-32-42)44-21-10-14-36-12-4-6-18-43(36)44)41-29-24-35(25-30-41)39-28-33-50-47(34-39)46-20-8-9-22-49(46)52(50)48-23-11-15-37-13-5-7-19-45(37)48;1-2-15-42(16-3-1)51(43-28-23-36(24-29-43)40-22-21-35-11-4-5-13-39(35)33-40)44-30-25-37(26-31-44)41-27-32-50-47(34-41)46-18-8-9-19-49(46)52(50)48-20-10-14-38-12-6-7-17-45(38)48/h2*1-34H. The van der Waals surface area contributed by atoms with E-state index in [0.29, 0.717) is 0 Å². The average molecular weight is 1330 g/mol. The number of benzene rings is 18. The molecule has 0 unspecified atom stereocenters. The van der Waals surface area contributed by atoms with Crippen LogP contribution < -0.4 is 9.80 Å². The first-order chi connectivity index (χ1) is 51.6. The van der Waals surface area contributed by atoms with Crippen LogP contribution in [-0.4, -0.2) is 9.13 Å². The zero-order valence-electron chi connectivity index (χ0n) is 57.0. The molecule has 2 aromatic heterocycles. The fourth-order valence-corrected chi connectivity index (χ4v) is 15.7. The van der Waals surface area contributed by atoms with Gasteiger partial charge in [-0.1, -0.05) is 285 Å². The zero-order valence-corrected chi connectivity index (χ0v) is 57.0. The molecule has 0 aliphatic rings. The predicted molar refractivity (Wildman–Crippen MR) is 443 cm³/mol. The quantitative estimate of drug-likeness (QED) is 0.121. The molecule has 0 saturated heterocycles. The molecule has 104 heavy (non-hydrogen) atoms. The highest BCUT2D eigenvalue weighted by atomic mass is 15.1. The van der Waals surface area contributed by atoms with Crippen LogP contribution in [0.25, 0.3) is 143 Å². The molecular formula is C100H68N4. The number of fused-ring (bicyclic) bond motifs is 10. The highest BCUT2D eigenvalue weighted by molar-refractivity contribution is 6.13. The molecule has 0 spiro atoms. The van der Waals surface area contributed by atoms with Gasteiger partial charge < -0.3 is 18.9 Å². The van der Waals surface area contributed by atoms with E-state index in [1.165, 1.54) is 143 Å². The van der Waals surface area contributed by atoms with Gasteiger partial charge in [-0.05, 0) is 204 Å². The first kappa shape index (κ1) is 61.3. The minimum Gasteiger partial charge on any atom is -0.311 e. The number of anilines is 6. The van der Waals surface area contributed by atoms with E-state index in [4.69, 9.17) is 0 Å². The van der Waals surface area contributed by atoms with Gasteiger partial charge in [0.2, 0.25) is 0 Å². The SMILES string of the molecule is c1ccc(N(c2ccc(-c3ccc4c(c3)c3ccccc3n4-c3cccc4ccccc34)cc2)c2ccc(-c3cccc4ccccc34)cc2)cc1.c1ccc(N(c2ccc(-c3ccc4ccccc4c3)cc2)c2ccc(-c3ccc4c(c3)c3ccccc3n4-c3cccc4ccccc34)cc2)cc1. The van der Waals surface area contributed by atoms with Gasteiger partial charge in [0, 0.05) is 66.4 Å². The largest absolute Gasteiger partial charge is 0.311 e. The maximum absolute atomic E-state index is 2.42. The van der Waals surface area contributed by atoms with Crippen LogP contribution in [-0.2, 0) is 0 Å². The molecule has 0 radical (unpaired) electrons. The number of rotatable bonds is 12. The minimum atomic E-state index is 1.11. The summed E-state index contributed by atoms with van der Waals surface area (Å²) in [5, 5.41) is 15.0. The van der Waals surface area contributed by atoms with Crippen molar-refractivity contribution in [2.24, 2.45) is 0 Å². The minimum absolute atomic E-state index is 1.11. The van der Waals surface area contributed by atoms with Gasteiger partial charge in [-0.3, -0.25) is 0 Å². The second kappa shape index (κ2) is 26.4. The van der Waals surface area contributed by atoms with E-state index >= 15 is 0 Å². The Morgan fingerprint density at radius 2 is 0.452 bits per heavy atom. The molecule has 4 heteroatoms. The first-order valence-corrected chi connectivity index (χ1v) is 35.7. The Hall–Kier alpha value is -13.8. The molecule has 4 nitrogen and oxygen atoms in total. The molecule has 0 saturated carbocycles. The molecule has 0 bridgehead atoms. The van der Waals surface area contributed by atoms with E-state index in [-0.39, 0.29) is 0 Å². The second-order valence-electron chi connectivity index (χ2n) is 26.8. The lowest BCUT2D eigenvalue weighted by Crippen LogP contribution is -2.09. The van der Waals surface area contributed by atoms with E-state index in [1.54, 1.807) is 0 Å². The fraction of sp³-hybridized carbons (Fsp3) is 0. The summed E-state index contributed by atoms with van der Waals surface area (Å²) >= 11 is 0. The Bertz CT molecular complexity index is 6550. The average Bonchev–Trinajstić information content (AvgIpc) is 1.40. The van der Waals surface area contributed by atoms with Crippen molar-refractivity contribution in [1.29, 1.82) is 0 Å². The van der Waals surface area contributed by atoms with Gasteiger partial charge in [0.1, 0.15) is 0 Å². The van der Waals surface area contributed by atoms with Crippen molar-refractivity contribution in [2.45, 2.75) is 0 Å². The molecule has 488 valence electrons. The highest BCUT2D eigenvalue weighted by Crippen LogP contribution is 2.44. The van der Waals surface area contributed by atoms with E-state index in [1.807, 2.05) is 0 Å². The number of aromatic nitrogens is 2. The van der Waals surface area contributed by atoms with Gasteiger partial charge in [-0.15, -0.1) is 0 Å². The number of hydrogen-bond acceptors (Lipinski definition) is 2. The molecule has 2 heterocycles. The van der Waals surface area contributed by atoms with Crippen LogP contribution in [0, 0.1) is 0 Å². The third-order valence-electron chi connectivity index (χ3n) is 20.7. The fourth-order valence-electron chi connectivity index (χ4n) is 15.7. The summed E-state index contributed by atoms with van der Waals surface area (Å²) in [4.78, 5) is 4.66. The number of nitrogens with zero attached hydrogens (tertiary/aromatic N) is 4. The molecule has 0 aliphatic heterocycles. The van der Waals surface area contributed by atoms with Crippen molar-refractivity contribution in [3.05, 3.63) is 413 Å². The Kier molecular flexibility index (Phi) is 15.5. The maximum atomic E-state index is 2.42. The summed E-state index contributed by atoms with van der Waals surface area (Å²) in [7, 11) is 0. The lowest BCUT2D eigenvalue weighted by atomic mass is 9.98. The summed E-state index contributed by atoms with van der Waals surface area (Å²) in [6.07, 6.45) is 0. The van der Waals surface area contributed by atoms with Gasteiger partial charge in [-0.2, -0.15) is 0 Å². The zero-order chi connectivity index (χ0) is 68.9. The molecule has 0 aliphatic carbocycles. The molecule has 0 atom stereocenters. The van der Waals surface area contributed by atoms with E-state index in [9.17, 15) is 0 Å². The van der Waals surface area contributed by atoms with Gasteiger partial charge in [0.15, 0.2) is 0 Å². The lowest BCUT2D eigenvalue weighted by Gasteiger charge is -2.26. The van der Waals surface area contributed by atoms with Crippen LogP contribution in [0.3, 0.4) is 0 Å². The number of hydrogen-bond donors (Lipinski definition) is 0. The Morgan fingerprint density at radius 1 is 0.154 bits per heavy atom. The number of para-hydroxylation sites is 4. The van der Waals surface area contributed by atoms with Gasteiger partial charge in [0.25, 0.3) is 0 Å². The third-order valence-corrected chi connectivity index (χ3v) is 20.7. The van der Waals surface area contributed by atoms with Crippen LogP contribution in [0.15, 0.2) is 413 Å². The molecular weight excluding hydrogens is 1260 g/mol. The second-order valence-corrected chi connectivity index (χ2v) is 26.8. The summed E-state index contributed by atoms with van der Waals surface area (Å²) in [6.45, 7) is 0. The van der Waals surface area contributed by atoms with Crippen LogP contribution in [0.4, 0.5) is 34.1 Å². The Morgan fingerprint density at radius 3 is 0.904 bits per heavy atom. The van der Waals surface area contributed by atoms with Crippen molar-refractivity contribution in [3.8, 4) is 55.9 Å². The van der Waals surface area contributed by atoms with Crippen LogP contribution in [0.5, 0.6) is 0 Å². The van der Waals surface area contributed by atoms with Gasteiger partial charge in [-0.25, -0.2) is 0 Å². The monoisotopic (exact) mass is 1320 g/mol. The van der Waals surface area contributed by atoms with E-state index < -0.39 is 0 Å². The maximum Gasteiger partial charge on any atom is 0.0541 e. The van der Waals surface area contributed by atoms with E-state index in [2.05, 4.69) is 431 Å². The van der Waals surface area contributed by atoms with Gasteiger partial charge in [0.05, 0.1) is 33.4 Å². The van der Waals surface area contributed by atoms with Crippen LogP contribution in [0.2, 0.25) is 0 Å². The van der Waals surface area contributed by atoms with Crippen LogP contribution in [0.1, 0.15) is 0 Å². The molecule has 0 amide bonds. The normalized spacial score (nSPS) is 11.5. The van der Waals surface area contributed by atoms with Crippen LogP contribution >= 0.6 is 0 Å². The summed E-state index contributed by atoms with van der Waals surface area (Å²) in [6, 6.07) is 149. The Labute approximate surface area is 604 Å². The smallest absolute Gasteiger partial charge is 0.0541 e. The topological polar surface area (TPSA) is 16.3 Å². The Balaban J connectivity index is 0.000000143. The molecule has 20 rings (SSSR count). The first-order valence-electron chi connectivity index (χ1n) is 35.7. The van der Waals surface area contributed by atoms with Crippen molar-refractivity contribution in [3.63, 3.8) is 0 Å².